The Morgan fingerprint density at radius 1 is 1.25 bits per heavy atom. The van der Waals surface area contributed by atoms with Crippen LogP contribution in [0.25, 0.3) is 0 Å². The van der Waals surface area contributed by atoms with Crippen LogP contribution in [0.5, 0.6) is 0 Å². The Bertz CT molecular complexity index is 227. The van der Waals surface area contributed by atoms with Crippen LogP contribution in [0.1, 0.15) is 26.7 Å². The Morgan fingerprint density at radius 3 is 2.31 bits per heavy atom. The van der Waals surface area contributed by atoms with Gasteiger partial charge < -0.3 is 20.3 Å². The van der Waals surface area contributed by atoms with Gasteiger partial charge in [0.15, 0.2) is 0 Å². The average Bonchev–Trinajstić information content (AvgIpc) is 2.20. The lowest BCUT2D eigenvalue weighted by molar-refractivity contribution is -0.154. The van der Waals surface area contributed by atoms with Crippen LogP contribution >= 0.6 is 0 Å². The molecule has 6 nitrogen and oxygen atoms in total. The molecule has 16 heavy (non-hydrogen) atoms. The van der Waals surface area contributed by atoms with Gasteiger partial charge in [-0.05, 0) is 6.42 Å². The first kappa shape index (κ1) is 14.9. The van der Waals surface area contributed by atoms with E-state index in [0.29, 0.717) is 0 Å². The lowest BCUT2D eigenvalue weighted by atomic mass is 10.2. The van der Waals surface area contributed by atoms with Crippen LogP contribution in [0.2, 0.25) is 0 Å². The van der Waals surface area contributed by atoms with E-state index in [1.165, 1.54) is 0 Å². The van der Waals surface area contributed by atoms with Crippen molar-refractivity contribution in [1.82, 2.24) is 0 Å². The molecule has 0 fully saturated rings. The van der Waals surface area contributed by atoms with E-state index in [9.17, 15) is 9.59 Å². The quantitative estimate of drug-likeness (QED) is 0.358. The summed E-state index contributed by atoms with van der Waals surface area (Å²) in [5, 5.41) is 8.71. The maximum absolute atomic E-state index is 11.0. The minimum Gasteiger partial charge on any atom is -0.462 e. The van der Waals surface area contributed by atoms with Gasteiger partial charge in [-0.2, -0.15) is 0 Å². The summed E-state index contributed by atoms with van der Waals surface area (Å²) in [6.07, 6.45) is -0.799. The van der Waals surface area contributed by atoms with Gasteiger partial charge in [-0.25, -0.2) is 0 Å². The molecule has 3 N–H and O–H groups in total. The van der Waals surface area contributed by atoms with E-state index in [2.05, 4.69) is 0 Å². The molecule has 0 aromatic heterocycles. The molecule has 0 aliphatic rings. The predicted octanol–water partition coefficient (Wildman–Crippen LogP) is -0.214. The molecule has 0 saturated heterocycles. The highest BCUT2D eigenvalue weighted by molar-refractivity contribution is 5.71. The maximum atomic E-state index is 11.0. The number of aliphatic hydroxyl groups is 1. The summed E-state index contributed by atoms with van der Waals surface area (Å²) < 4.78 is 9.53. The van der Waals surface area contributed by atoms with Gasteiger partial charge in [0.1, 0.15) is 19.4 Å². The highest BCUT2D eigenvalue weighted by atomic mass is 16.6. The second kappa shape index (κ2) is 8.06. The zero-order valence-corrected chi connectivity index (χ0v) is 9.64. The van der Waals surface area contributed by atoms with Crippen LogP contribution in [0, 0.1) is 5.92 Å². The van der Waals surface area contributed by atoms with E-state index in [1.807, 2.05) is 0 Å². The molecule has 94 valence electrons. The fourth-order valence-corrected chi connectivity index (χ4v) is 0.802. The van der Waals surface area contributed by atoms with E-state index in [0.717, 1.165) is 0 Å². The van der Waals surface area contributed by atoms with Crippen molar-refractivity contribution >= 4 is 11.9 Å². The number of rotatable bonds is 7. The minimum absolute atomic E-state index is 0.0258. The van der Waals surface area contributed by atoms with Crippen molar-refractivity contribution in [3.05, 3.63) is 0 Å². The fraction of sp³-hybridized carbons (Fsp3) is 0.800. The van der Waals surface area contributed by atoms with E-state index < -0.39 is 12.2 Å². The van der Waals surface area contributed by atoms with Gasteiger partial charge in [-0.1, -0.05) is 13.8 Å². The number of hydrogen-bond donors (Lipinski definition) is 2. The van der Waals surface area contributed by atoms with Crippen LogP contribution in [0.4, 0.5) is 0 Å². The molecule has 0 bridgehead atoms. The second-order valence-electron chi connectivity index (χ2n) is 3.65. The van der Waals surface area contributed by atoms with Crippen molar-refractivity contribution in [2.24, 2.45) is 11.7 Å². The van der Waals surface area contributed by atoms with Crippen LogP contribution < -0.4 is 5.73 Å². The Hall–Kier alpha value is -1.14. The average molecular weight is 233 g/mol. The van der Waals surface area contributed by atoms with E-state index in [-0.39, 0.29) is 37.9 Å². The van der Waals surface area contributed by atoms with E-state index >= 15 is 0 Å². The molecular formula is C10H19NO5. The SMILES string of the molecule is CC(C)C(=O)OCCOC(=O)CCC(N)O. The number of nitrogens with two attached hydrogens (primary N) is 1. The van der Waals surface area contributed by atoms with Gasteiger partial charge in [0, 0.05) is 6.42 Å². The Balaban J connectivity index is 3.45. The van der Waals surface area contributed by atoms with Gasteiger partial charge in [0.2, 0.25) is 0 Å². The first-order valence-corrected chi connectivity index (χ1v) is 5.19. The molecule has 0 aromatic carbocycles. The Labute approximate surface area is 94.7 Å². The molecule has 0 aromatic rings. The minimum atomic E-state index is -1.01. The van der Waals surface area contributed by atoms with Crippen molar-refractivity contribution in [1.29, 1.82) is 0 Å². The molecule has 1 unspecified atom stereocenters. The van der Waals surface area contributed by atoms with E-state index in [4.69, 9.17) is 20.3 Å². The number of carbonyl (C=O) groups is 2. The van der Waals surface area contributed by atoms with Gasteiger partial charge in [0.05, 0.1) is 5.92 Å². The lowest BCUT2D eigenvalue weighted by Crippen LogP contribution is -2.21. The largest absolute Gasteiger partial charge is 0.462 e. The smallest absolute Gasteiger partial charge is 0.308 e. The standard InChI is InChI=1S/C10H19NO5/c1-7(2)10(14)16-6-5-15-9(13)4-3-8(11)12/h7-8,12H,3-6,11H2,1-2H3. The van der Waals surface area contributed by atoms with Gasteiger partial charge >= 0.3 is 11.9 Å². The summed E-state index contributed by atoms with van der Waals surface area (Å²) in [5.41, 5.74) is 5.05. The number of esters is 2. The maximum Gasteiger partial charge on any atom is 0.308 e. The molecule has 0 rings (SSSR count). The molecule has 0 aliphatic heterocycles. The zero-order chi connectivity index (χ0) is 12.6. The van der Waals surface area contributed by atoms with Gasteiger partial charge in [-0.3, -0.25) is 9.59 Å². The molecular weight excluding hydrogens is 214 g/mol. The normalized spacial score (nSPS) is 12.3. The van der Waals surface area contributed by atoms with Gasteiger partial charge in [-0.15, -0.1) is 0 Å². The highest BCUT2D eigenvalue weighted by Gasteiger charge is 2.09. The molecule has 0 saturated carbocycles. The molecule has 6 heteroatoms. The van der Waals surface area contributed by atoms with Crippen molar-refractivity contribution < 1.29 is 24.2 Å². The van der Waals surface area contributed by atoms with Crippen molar-refractivity contribution in [2.75, 3.05) is 13.2 Å². The first-order chi connectivity index (χ1) is 7.43. The summed E-state index contributed by atoms with van der Waals surface area (Å²) >= 11 is 0. The summed E-state index contributed by atoms with van der Waals surface area (Å²) in [6, 6.07) is 0. The van der Waals surface area contributed by atoms with Crippen LogP contribution in [0.15, 0.2) is 0 Å². The molecule has 0 radical (unpaired) electrons. The molecule has 0 amide bonds. The molecule has 0 spiro atoms. The predicted molar refractivity (Wildman–Crippen MR) is 56.2 cm³/mol. The summed E-state index contributed by atoms with van der Waals surface area (Å²) in [6.45, 7) is 3.51. The van der Waals surface area contributed by atoms with Crippen molar-refractivity contribution in [2.45, 2.75) is 32.9 Å². The topological polar surface area (TPSA) is 98.9 Å². The summed E-state index contributed by atoms with van der Waals surface area (Å²) in [7, 11) is 0. The van der Waals surface area contributed by atoms with Crippen molar-refractivity contribution in [3.63, 3.8) is 0 Å². The Morgan fingerprint density at radius 2 is 1.81 bits per heavy atom. The monoisotopic (exact) mass is 233 g/mol. The number of carbonyl (C=O) groups excluding carboxylic acids is 2. The summed E-state index contributed by atoms with van der Waals surface area (Å²) in [5.74, 6) is -0.985. The van der Waals surface area contributed by atoms with Crippen LogP contribution in [-0.2, 0) is 19.1 Å². The van der Waals surface area contributed by atoms with Crippen LogP contribution in [0.3, 0.4) is 0 Å². The lowest BCUT2D eigenvalue weighted by Gasteiger charge is -2.08. The van der Waals surface area contributed by atoms with Crippen LogP contribution in [-0.4, -0.2) is 36.5 Å². The molecule has 1 atom stereocenters. The summed E-state index contributed by atoms with van der Waals surface area (Å²) in [4.78, 5) is 22.0. The number of hydrogen-bond acceptors (Lipinski definition) is 6. The third-order valence-corrected chi connectivity index (χ3v) is 1.71. The third-order valence-electron chi connectivity index (χ3n) is 1.71. The van der Waals surface area contributed by atoms with E-state index in [1.54, 1.807) is 13.8 Å². The van der Waals surface area contributed by atoms with Gasteiger partial charge in [0.25, 0.3) is 0 Å². The zero-order valence-electron chi connectivity index (χ0n) is 9.64. The molecule has 0 heterocycles. The number of ether oxygens (including phenoxy) is 2. The van der Waals surface area contributed by atoms with Crippen molar-refractivity contribution in [3.8, 4) is 0 Å². The molecule has 0 aliphatic carbocycles. The second-order valence-corrected chi connectivity index (χ2v) is 3.65. The third kappa shape index (κ3) is 8.19. The Kier molecular flexibility index (Phi) is 7.49. The fourth-order valence-electron chi connectivity index (χ4n) is 0.802. The number of aliphatic hydroxyl groups excluding tert-OH is 1. The highest BCUT2D eigenvalue weighted by Crippen LogP contribution is 1.97. The first-order valence-electron chi connectivity index (χ1n) is 5.19.